The van der Waals surface area contributed by atoms with Gasteiger partial charge in [0.15, 0.2) is 0 Å². The van der Waals surface area contributed by atoms with Crippen molar-refractivity contribution in [2.45, 2.75) is 6.04 Å². The third-order valence-electron chi connectivity index (χ3n) is 4.98. The molecule has 0 bridgehead atoms. The Morgan fingerprint density at radius 2 is 1.97 bits per heavy atom. The molecular weight excluding hydrogens is 366 g/mol. The molecule has 1 amide bonds. The summed E-state index contributed by atoms with van der Waals surface area (Å²) in [7, 11) is 5.28. The number of likely N-dealkylation sites (N-methyl/N-ethyl adjacent to an activating group) is 1. The number of guanidine groups is 1. The first-order valence-corrected chi connectivity index (χ1v) is 9.37. The van der Waals surface area contributed by atoms with Crippen LogP contribution in [0, 0.1) is 0 Å². The summed E-state index contributed by atoms with van der Waals surface area (Å²) in [6.45, 7) is 0.460. The van der Waals surface area contributed by atoms with Crippen LogP contribution in [0.25, 0.3) is 17.0 Å². The fourth-order valence-electron chi connectivity index (χ4n) is 3.39. The van der Waals surface area contributed by atoms with Crippen molar-refractivity contribution >= 4 is 28.8 Å². The van der Waals surface area contributed by atoms with Crippen molar-refractivity contribution in [1.82, 2.24) is 20.0 Å². The lowest BCUT2D eigenvalue weighted by Gasteiger charge is -2.22. The molecule has 4 rings (SSSR count). The van der Waals surface area contributed by atoms with Crippen molar-refractivity contribution in [1.29, 1.82) is 0 Å². The van der Waals surface area contributed by atoms with E-state index in [4.69, 9.17) is 4.74 Å². The van der Waals surface area contributed by atoms with E-state index < -0.39 is 0 Å². The number of hydrogen-bond donors (Lipinski definition) is 1. The molecule has 7 heteroatoms. The van der Waals surface area contributed by atoms with Gasteiger partial charge in [0.05, 0.1) is 24.4 Å². The lowest BCUT2D eigenvalue weighted by atomic mass is 10.1. The lowest BCUT2D eigenvalue weighted by molar-refractivity contribution is -0.121. The quantitative estimate of drug-likeness (QED) is 0.681. The van der Waals surface area contributed by atoms with Gasteiger partial charge in [-0.1, -0.05) is 36.4 Å². The van der Waals surface area contributed by atoms with Crippen LogP contribution in [0.1, 0.15) is 17.2 Å². The molecule has 1 aliphatic heterocycles. The van der Waals surface area contributed by atoms with Gasteiger partial charge in [0.1, 0.15) is 5.70 Å². The zero-order valence-corrected chi connectivity index (χ0v) is 16.7. The number of methoxy groups -OCH3 is 1. The molecule has 1 N–H and O–H groups in total. The highest BCUT2D eigenvalue weighted by Crippen LogP contribution is 2.21. The molecule has 148 valence electrons. The van der Waals surface area contributed by atoms with Gasteiger partial charge in [0, 0.05) is 26.6 Å². The van der Waals surface area contributed by atoms with Crippen molar-refractivity contribution in [3.05, 3.63) is 71.6 Å². The highest BCUT2D eigenvalue weighted by atomic mass is 16.5. The van der Waals surface area contributed by atoms with Crippen LogP contribution in [-0.4, -0.2) is 47.3 Å². The Labute approximate surface area is 169 Å². The zero-order valence-electron chi connectivity index (χ0n) is 16.7. The minimum Gasteiger partial charge on any atom is -0.382 e. The topological polar surface area (TPSA) is 71.7 Å². The molecule has 1 aromatic heterocycles. The Bertz CT molecular complexity index is 1100. The Morgan fingerprint density at radius 1 is 1.17 bits per heavy atom. The molecule has 2 heterocycles. The van der Waals surface area contributed by atoms with E-state index in [0.29, 0.717) is 18.3 Å². The summed E-state index contributed by atoms with van der Waals surface area (Å²) in [5.74, 6) is 0.359. The molecular formula is C22H23N5O2. The first-order chi connectivity index (χ1) is 14.1. The summed E-state index contributed by atoms with van der Waals surface area (Å²) in [6.07, 6.45) is 3.61. The molecule has 0 spiro atoms. The highest BCUT2D eigenvalue weighted by Gasteiger charge is 2.28. The third-order valence-corrected chi connectivity index (χ3v) is 4.98. The second-order valence-corrected chi connectivity index (χ2v) is 6.98. The molecule has 1 aliphatic rings. The Kier molecular flexibility index (Phi) is 5.14. The Balaban J connectivity index is 1.61. The summed E-state index contributed by atoms with van der Waals surface area (Å²) in [5.41, 5.74) is 3.40. The van der Waals surface area contributed by atoms with E-state index in [2.05, 4.69) is 15.4 Å². The molecule has 0 saturated heterocycles. The fourth-order valence-corrected chi connectivity index (χ4v) is 3.39. The number of rotatable bonds is 5. The van der Waals surface area contributed by atoms with E-state index in [1.54, 1.807) is 20.2 Å². The predicted octanol–water partition coefficient (Wildman–Crippen LogP) is 2.72. The Morgan fingerprint density at radius 3 is 2.72 bits per heavy atom. The normalized spacial score (nSPS) is 16.5. The van der Waals surface area contributed by atoms with Gasteiger partial charge < -0.3 is 10.1 Å². The van der Waals surface area contributed by atoms with Crippen molar-refractivity contribution in [3.8, 4) is 0 Å². The van der Waals surface area contributed by atoms with E-state index >= 15 is 0 Å². The number of carbonyl (C=O) groups is 1. The van der Waals surface area contributed by atoms with E-state index in [1.165, 1.54) is 4.90 Å². The molecule has 0 unspecified atom stereocenters. The molecule has 3 aromatic rings. The monoisotopic (exact) mass is 389 g/mol. The molecule has 29 heavy (non-hydrogen) atoms. The number of nitrogens with one attached hydrogen (secondary N) is 1. The molecule has 7 nitrogen and oxygen atoms in total. The minimum atomic E-state index is -0.150. The van der Waals surface area contributed by atoms with Gasteiger partial charge >= 0.3 is 0 Å². The van der Waals surface area contributed by atoms with Crippen molar-refractivity contribution in [2.24, 2.45) is 12.0 Å². The lowest BCUT2D eigenvalue weighted by Crippen LogP contribution is -2.41. The standard InChI is InChI=1S/C22H23N5O2/c1-26-21(28)18(12-15-9-10-20-17(11-15)13-23-27(20)2)24-22(26)25-19(14-29-3)16-7-5-4-6-8-16/h4-13,19H,14H2,1-3H3,(H,24,25)/b18-12-/t19-/m0/s1. The van der Waals surface area contributed by atoms with E-state index in [1.807, 2.05) is 66.5 Å². The first kappa shape index (κ1) is 18.9. The number of ether oxygens (including phenoxy) is 1. The van der Waals surface area contributed by atoms with Crippen LogP contribution in [0.15, 0.2) is 65.4 Å². The maximum atomic E-state index is 12.7. The Hall–Kier alpha value is -3.45. The number of aliphatic imine (C=N–C) groups is 1. The number of nitrogens with zero attached hydrogens (tertiary/aromatic N) is 4. The van der Waals surface area contributed by atoms with Crippen molar-refractivity contribution in [2.75, 3.05) is 20.8 Å². The van der Waals surface area contributed by atoms with Crippen LogP contribution in [0.3, 0.4) is 0 Å². The van der Waals surface area contributed by atoms with E-state index in [0.717, 1.165) is 22.0 Å². The molecule has 1 atom stereocenters. The van der Waals surface area contributed by atoms with Gasteiger partial charge in [-0.15, -0.1) is 0 Å². The minimum absolute atomic E-state index is 0.110. The van der Waals surface area contributed by atoms with Gasteiger partial charge in [-0.05, 0) is 29.3 Å². The maximum Gasteiger partial charge on any atom is 0.279 e. The molecule has 0 radical (unpaired) electrons. The van der Waals surface area contributed by atoms with Crippen molar-refractivity contribution < 1.29 is 9.53 Å². The average Bonchev–Trinajstić information content (AvgIpc) is 3.23. The second kappa shape index (κ2) is 7.89. The SMILES string of the molecule is COC[C@H](NC1=N/C(=C\c2ccc3c(cnn3C)c2)C(=O)N1C)c1ccccc1. The summed E-state index contributed by atoms with van der Waals surface area (Å²) < 4.78 is 7.17. The molecule has 0 fully saturated rings. The van der Waals surface area contributed by atoms with Gasteiger partial charge in [-0.3, -0.25) is 14.4 Å². The first-order valence-electron chi connectivity index (χ1n) is 9.37. The second-order valence-electron chi connectivity index (χ2n) is 6.98. The number of hydrogen-bond acceptors (Lipinski definition) is 5. The van der Waals surface area contributed by atoms with Crippen LogP contribution in [0.4, 0.5) is 0 Å². The van der Waals surface area contributed by atoms with Gasteiger partial charge in [-0.25, -0.2) is 4.99 Å². The van der Waals surface area contributed by atoms with Crippen LogP contribution in [0.5, 0.6) is 0 Å². The summed E-state index contributed by atoms with van der Waals surface area (Å²) >= 11 is 0. The van der Waals surface area contributed by atoms with E-state index in [9.17, 15) is 4.79 Å². The van der Waals surface area contributed by atoms with Gasteiger partial charge in [-0.2, -0.15) is 5.10 Å². The summed E-state index contributed by atoms with van der Waals surface area (Å²) in [4.78, 5) is 18.8. The van der Waals surface area contributed by atoms with Gasteiger partial charge in [0.2, 0.25) is 5.96 Å². The number of carbonyl (C=O) groups excluding carboxylic acids is 1. The van der Waals surface area contributed by atoms with Crippen LogP contribution in [0.2, 0.25) is 0 Å². The highest BCUT2D eigenvalue weighted by molar-refractivity contribution is 6.13. The van der Waals surface area contributed by atoms with Crippen LogP contribution < -0.4 is 5.32 Å². The van der Waals surface area contributed by atoms with Crippen LogP contribution >= 0.6 is 0 Å². The molecule has 0 saturated carbocycles. The number of amides is 1. The zero-order chi connectivity index (χ0) is 20.4. The number of benzene rings is 2. The van der Waals surface area contributed by atoms with Crippen molar-refractivity contribution in [3.63, 3.8) is 0 Å². The largest absolute Gasteiger partial charge is 0.382 e. The smallest absolute Gasteiger partial charge is 0.279 e. The fraction of sp³-hybridized carbons (Fsp3) is 0.227. The average molecular weight is 389 g/mol. The van der Waals surface area contributed by atoms with Gasteiger partial charge in [0.25, 0.3) is 5.91 Å². The van der Waals surface area contributed by atoms with E-state index in [-0.39, 0.29) is 11.9 Å². The summed E-state index contributed by atoms with van der Waals surface area (Å²) in [5, 5.41) is 8.62. The summed E-state index contributed by atoms with van der Waals surface area (Å²) in [6, 6.07) is 15.8. The molecule has 0 aliphatic carbocycles. The molecule has 2 aromatic carbocycles. The van der Waals surface area contributed by atoms with Crippen LogP contribution in [-0.2, 0) is 16.6 Å². The third kappa shape index (κ3) is 3.77. The predicted molar refractivity (Wildman–Crippen MR) is 113 cm³/mol. The maximum absolute atomic E-state index is 12.7. The number of aromatic nitrogens is 2. The number of aryl methyl sites for hydroxylation is 1. The number of fused-ring (bicyclic) bond motifs is 1.